The van der Waals surface area contributed by atoms with E-state index in [2.05, 4.69) is 11.9 Å². The number of hydrogen-bond donors (Lipinski definition) is 1. The van der Waals surface area contributed by atoms with E-state index in [9.17, 15) is 35.9 Å². The molecule has 0 bridgehead atoms. The minimum atomic E-state index is -5.06. The number of esters is 1. The van der Waals surface area contributed by atoms with Gasteiger partial charge in [-0.3, -0.25) is 4.79 Å². The molecule has 2 rings (SSSR count). The van der Waals surface area contributed by atoms with Crippen LogP contribution in [0.1, 0.15) is 75.8 Å². The van der Waals surface area contributed by atoms with Crippen LogP contribution in [0.5, 0.6) is 0 Å². The largest absolute Gasteiger partial charge is 0.488 e. The molecule has 0 heterocycles. The van der Waals surface area contributed by atoms with Gasteiger partial charge in [0.15, 0.2) is 0 Å². The third kappa shape index (κ3) is 9.43. The number of carbonyl (C=O) groups is 2. The third-order valence-corrected chi connectivity index (χ3v) is 5.86. The molecule has 0 fully saturated rings. The molecule has 0 aliphatic rings. The minimum absolute atomic E-state index is 0.0166. The number of alkyl carbamates (subject to hydrolysis) is 1. The molecule has 2 aromatic carbocycles. The summed E-state index contributed by atoms with van der Waals surface area (Å²) in [7, 11) is 0. The Morgan fingerprint density at radius 3 is 1.90 bits per heavy atom. The first-order valence-corrected chi connectivity index (χ1v) is 12.7. The summed E-state index contributed by atoms with van der Waals surface area (Å²) in [6.07, 6.45) is -12.9. The van der Waals surface area contributed by atoms with Gasteiger partial charge in [-0.2, -0.15) is 26.3 Å². The van der Waals surface area contributed by atoms with Gasteiger partial charge in [0.1, 0.15) is 23.0 Å². The van der Waals surface area contributed by atoms with E-state index in [1.807, 2.05) is 0 Å². The summed E-state index contributed by atoms with van der Waals surface area (Å²) in [5, 5.41) is 2.68. The van der Waals surface area contributed by atoms with Crippen LogP contribution in [-0.2, 0) is 36.9 Å². The first-order chi connectivity index (χ1) is 18.8. The number of nitrogens with one attached hydrogen (secondary N) is 1. The predicted molar refractivity (Wildman–Crippen MR) is 138 cm³/mol. The molecule has 0 radical (unpaired) electrons. The molecule has 2 aromatic rings. The molecule has 6 nitrogen and oxygen atoms in total. The van der Waals surface area contributed by atoms with Crippen molar-refractivity contribution in [2.24, 2.45) is 0 Å². The van der Waals surface area contributed by atoms with Crippen LogP contribution in [0.15, 0.2) is 60.9 Å². The average Bonchev–Trinajstić information content (AvgIpc) is 2.84. The van der Waals surface area contributed by atoms with Crippen molar-refractivity contribution in [3.63, 3.8) is 0 Å². The van der Waals surface area contributed by atoms with Gasteiger partial charge in [0.2, 0.25) is 0 Å². The number of rotatable bonds is 10. The fourth-order valence-electron chi connectivity index (χ4n) is 3.97. The highest BCUT2D eigenvalue weighted by molar-refractivity contribution is 5.72. The van der Waals surface area contributed by atoms with Crippen molar-refractivity contribution in [1.29, 1.82) is 0 Å². The van der Waals surface area contributed by atoms with Crippen LogP contribution in [-0.4, -0.2) is 24.3 Å². The van der Waals surface area contributed by atoms with Gasteiger partial charge < -0.3 is 19.5 Å². The zero-order chi connectivity index (χ0) is 31.2. The topological polar surface area (TPSA) is 73.9 Å². The lowest BCUT2D eigenvalue weighted by Gasteiger charge is -2.38. The van der Waals surface area contributed by atoms with Crippen LogP contribution >= 0.6 is 0 Å². The van der Waals surface area contributed by atoms with Crippen molar-refractivity contribution >= 4 is 12.1 Å². The average molecular weight is 590 g/mol. The van der Waals surface area contributed by atoms with Gasteiger partial charge in [0.25, 0.3) is 0 Å². The maximum Gasteiger partial charge on any atom is 0.416 e. The Hall–Kier alpha value is -3.70. The smallest absolute Gasteiger partial charge is 0.416 e. The van der Waals surface area contributed by atoms with E-state index in [1.54, 1.807) is 58.0 Å². The summed E-state index contributed by atoms with van der Waals surface area (Å²) in [5.74, 6) is -0.871. The van der Waals surface area contributed by atoms with Gasteiger partial charge in [-0.05, 0) is 70.4 Å². The van der Waals surface area contributed by atoms with Gasteiger partial charge in [0, 0.05) is 6.42 Å². The molecule has 0 unspecified atom stereocenters. The second kappa shape index (κ2) is 12.9. The summed E-state index contributed by atoms with van der Waals surface area (Å²) < 4.78 is 97.0. The van der Waals surface area contributed by atoms with E-state index < -0.39 is 58.3 Å². The molecule has 226 valence electrons. The van der Waals surface area contributed by atoms with E-state index in [0.29, 0.717) is 17.7 Å². The number of carbonyl (C=O) groups excluding carboxylic acids is 2. The molecular formula is C29H33F6NO5. The Kier molecular flexibility index (Phi) is 10.5. The zero-order valence-corrected chi connectivity index (χ0v) is 23.3. The summed E-state index contributed by atoms with van der Waals surface area (Å²) in [6, 6.07) is 9.24. The van der Waals surface area contributed by atoms with Gasteiger partial charge in [-0.15, -0.1) is 0 Å². The second-order valence-electron chi connectivity index (χ2n) is 10.2. The number of alkyl halides is 6. The molecule has 0 aromatic heterocycles. The highest BCUT2D eigenvalue weighted by atomic mass is 19.4. The Morgan fingerprint density at radius 2 is 1.44 bits per heavy atom. The minimum Gasteiger partial charge on any atom is -0.488 e. The Balaban J connectivity index is 2.60. The molecule has 0 saturated heterocycles. The first kappa shape index (κ1) is 33.5. The number of ether oxygens (including phenoxy) is 3. The molecule has 0 aliphatic carbocycles. The van der Waals surface area contributed by atoms with Gasteiger partial charge >= 0.3 is 24.4 Å². The van der Waals surface area contributed by atoms with Crippen molar-refractivity contribution in [2.75, 3.05) is 6.61 Å². The lowest BCUT2D eigenvalue weighted by atomic mass is 9.83. The van der Waals surface area contributed by atoms with Crippen molar-refractivity contribution in [3.05, 3.63) is 83.1 Å². The van der Waals surface area contributed by atoms with Gasteiger partial charge in [-0.25, -0.2) is 4.79 Å². The van der Waals surface area contributed by atoms with Crippen LogP contribution in [0.4, 0.5) is 31.1 Å². The molecular weight excluding hydrogens is 556 g/mol. The maximum absolute atomic E-state index is 13.5. The van der Waals surface area contributed by atoms with Crippen LogP contribution in [0.25, 0.3) is 0 Å². The highest BCUT2D eigenvalue weighted by Gasteiger charge is 2.42. The Morgan fingerprint density at radius 1 is 0.902 bits per heavy atom. The summed E-state index contributed by atoms with van der Waals surface area (Å²) in [4.78, 5) is 25.3. The zero-order valence-electron chi connectivity index (χ0n) is 23.3. The molecule has 0 aliphatic heterocycles. The normalized spacial score (nSPS) is 14.4. The Bertz CT molecular complexity index is 1190. The maximum atomic E-state index is 13.5. The molecule has 0 spiro atoms. The highest BCUT2D eigenvalue weighted by Crippen LogP contribution is 2.41. The van der Waals surface area contributed by atoms with Gasteiger partial charge in [-0.1, -0.05) is 36.9 Å². The SMILES string of the molecule is C=C(O[C@H](C)c1cc(C(F)(F)F)cc(C(F)(F)F)c1)[C@@](CCC(=O)OCC)(NC(=O)OC(C)(C)C)c1ccccc1. The molecule has 41 heavy (non-hydrogen) atoms. The summed E-state index contributed by atoms with van der Waals surface area (Å²) >= 11 is 0. The lowest BCUT2D eigenvalue weighted by Crippen LogP contribution is -2.50. The fourth-order valence-corrected chi connectivity index (χ4v) is 3.97. The summed E-state index contributed by atoms with van der Waals surface area (Å²) in [6.45, 7) is 11.7. The van der Waals surface area contributed by atoms with Crippen molar-refractivity contribution in [1.82, 2.24) is 5.32 Å². The monoisotopic (exact) mass is 589 g/mol. The van der Waals surface area contributed by atoms with Crippen LogP contribution in [0.2, 0.25) is 0 Å². The van der Waals surface area contributed by atoms with Crippen LogP contribution in [0, 0.1) is 0 Å². The molecule has 12 heteroatoms. The fraction of sp³-hybridized carbons (Fsp3) is 0.448. The standard InChI is InChI=1S/C29H33F6NO5/c1-7-39-24(37)13-14-27(21-11-9-8-10-12-21,36-25(38)41-26(4,5)6)19(3)40-18(2)20-15-22(28(30,31)32)17-23(16-20)29(33,34)35/h8-12,15-18H,3,7,13-14H2,1-2,4-6H3,(H,36,38)/t18-,27-/m1/s1. The lowest BCUT2D eigenvalue weighted by molar-refractivity contribution is -0.144. The van der Waals surface area contributed by atoms with Crippen LogP contribution in [0.3, 0.4) is 0 Å². The molecule has 2 atom stereocenters. The third-order valence-electron chi connectivity index (χ3n) is 5.86. The number of amides is 1. The second-order valence-corrected chi connectivity index (χ2v) is 10.2. The van der Waals surface area contributed by atoms with E-state index >= 15 is 0 Å². The quantitative estimate of drug-likeness (QED) is 0.172. The van der Waals surface area contributed by atoms with Crippen molar-refractivity contribution in [3.8, 4) is 0 Å². The Labute approximate surface area is 234 Å². The van der Waals surface area contributed by atoms with Crippen molar-refractivity contribution in [2.45, 2.75) is 77.1 Å². The van der Waals surface area contributed by atoms with Crippen molar-refractivity contribution < 1.29 is 50.1 Å². The molecule has 1 N–H and O–H groups in total. The van der Waals surface area contributed by atoms with E-state index in [1.165, 1.54) is 6.92 Å². The molecule has 0 saturated carbocycles. The van der Waals surface area contributed by atoms with E-state index in [4.69, 9.17) is 14.2 Å². The van der Waals surface area contributed by atoms with Crippen LogP contribution < -0.4 is 5.32 Å². The number of benzene rings is 2. The number of halogens is 6. The predicted octanol–water partition coefficient (Wildman–Crippen LogP) is 8.08. The van der Waals surface area contributed by atoms with E-state index in [-0.39, 0.29) is 31.3 Å². The van der Waals surface area contributed by atoms with E-state index in [0.717, 1.165) is 0 Å². The number of hydrogen-bond acceptors (Lipinski definition) is 5. The molecule has 1 amide bonds. The first-order valence-electron chi connectivity index (χ1n) is 12.7. The van der Waals surface area contributed by atoms with Gasteiger partial charge in [0.05, 0.1) is 17.7 Å². The summed E-state index contributed by atoms with van der Waals surface area (Å²) in [5.41, 5.74) is -5.71.